The van der Waals surface area contributed by atoms with Gasteiger partial charge in [-0.15, -0.1) is 5.10 Å². The fourth-order valence-corrected chi connectivity index (χ4v) is 4.02. The molecule has 0 radical (unpaired) electrons. The van der Waals surface area contributed by atoms with E-state index < -0.39 is 0 Å². The lowest BCUT2D eigenvalue weighted by Crippen LogP contribution is -2.48. The summed E-state index contributed by atoms with van der Waals surface area (Å²) in [6, 6.07) is 7.77. The number of hydrogen-bond donors (Lipinski definition) is 1. The van der Waals surface area contributed by atoms with Crippen LogP contribution in [-0.4, -0.2) is 68.2 Å². The molecule has 8 heteroatoms. The highest BCUT2D eigenvalue weighted by molar-refractivity contribution is 5.82. The van der Waals surface area contributed by atoms with E-state index in [0.29, 0.717) is 11.4 Å². The summed E-state index contributed by atoms with van der Waals surface area (Å²) in [6.45, 7) is 11.8. The van der Waals surface area contributed by atoms with Crippen molar-refractivity contribution in [2.24, 2.45) is 0 Å². The summed E-state index contributed by atoms with van der Waals surface area (Å²) in [5, 5.41) is 13.6. The molecule has 1 atom stereocenters. The number of aromatic nitrogens is 5. The van der Waals surface area contributed by atoms with Crippen LogP contribution < -0.4 is 5.56 Å². The minimum absolute atomic E-state index is 0.0841. The van der Waals surface area contributed by atoms with Crippen molar-refractivity contribution in [3.05, 3.63) is 51.6 Å². The molecule has 0 unspecified atom stereocenters. The molecule has 0 spiro atoms. The number of rotatable bonds is 3. The second-order valence-electron chi connectivity index (χ2n) is 8.95. The maximum atomic E-state index is 13.2. The summed E-state index contributed by atoms with van der Waals surface area (Å²) in [7, 11) is 2.12. The zero-order valence-corrected chi connectivity index (χ0v) is 17.8. The number of benzene rings is 1. The van der Waals surface area contributed by atoms with Gasteiger partial charge in [-0.3, -0.25) is 9.69 Å². The highest BCUT2D eigenvalue weighted by Crippen LogP contribution is 2.30. The van der Waals surface area contributed by atoms with Gasteiger partial charge in [0.2, 0.25) is 0 Å². The van der Waals surface area contributed by atoms with Crippen LogP contribution in [0.5, 0.6) is 0 Å². The van der Waals surface area contributed by atoms with Crippen molar-refractivity contribution < 1.29 is 0 Å². The summed E-state index contributed by atoms with van der Waals surface area (Å²) in [5.74, 6) is 0.708. The Bertz CT molecular complexity index is 1070. The maximum absolute atomic E-state index is 13.2. The fourth-order valence-electron chi connectivity index (χ4n) is 4.02. The lowest BCUT2D eigenvalue weighted by Gasteiger charge is -2.38. The molecule has 1 saturated heterocycles. The first kappa shape index (κ1) is 19.7. The number of aromatic amines is 1. The third-order valence-electron chi connectivity index (χ3n) is 5.69. The van der Waals surface area contributed by atoms with Crippen LogP contribution in [0.1, 0.15) is 43.8 Å². The first-order chi connectivity index (χ1) is 13.8. The van der Waals surface area contributed by atoms with Crippen molar-refractivity contribution in [2.75, 3.05) is 33.2 Å². The quantitative estimate of drug-likeness (QED) is 0.730. The molecular formula is C21H29N7O. The minimum Gasteiger partial charge on any atom is -0.321 e. The van der Waals surface area contributed by atoms with E-state index in [0.717, 1.165) is 42.6 Å². The van der Waals surface area contributed by atoms with Crippen molar-refractivity contribution >= 4 is 10.9 Å². The summed E-state index contributed by atoms with van der Waals surface area (Å²) >= 11 is 0. The van der Waals surface area contributed by atoms with Gasteiger partial charge in [-0.1, -0.05) is 18.2 Å². The smallest absolute Gasteiger partial charge is 0.253 e. The van der Waals surface area contributed by atoms with E-state index in [1.54, 1.807) is 0 Å². The average Bonchev–Trinajstić information content (AvgIpc) is 3.15. The molecule has 0 bridgehead atoms. The van der Waals surface area contributed by atoms with Crippen molar-refractivity contribution in [1.29, 1.82) is 0 Å². The highest BCUT2D eigenvalue weighted by atomic mass is 16.1. The topological polar surface area (TPSA) is 82.9 Å². The summed E-state index contributed by atoms with van der Waals surface area (Å²) in [4.78, 5) is 20.9. The van der Waals surface area contributed by atoms with Crippen molar-refractivity contribution in [3.8, 4) is 0 Å². The molecule has 2 aromatic heterocycles. The molecule has 4 rings (SSSR count). The van der Waals surface area contributed by atoms with Gasteiger partial charge in [-0.05, 0) is 62.2 Å². The van der Waals surface area contributed by atoms with Gasteiger partial charge in [0, 0.05) is 31.7 Å². The normalized spacial score (nSPS) is 17.7. The summed E-state index contributed by atoms with van der Waals surface area (Å²) in [6.07, 6.45) is 0. The fraction of sp³-hybridized carbons (Fsp3) is 0.524. The molecule has 0 amide bonds. The number of aryl methyl sites for hydroxylation is 1. The largest absolute Gasteiger partial charge is 0.321 e. The predicted octanol–water partition coefficient (Wildman–Crippen LogP) is 1.91. The second kappa shape index (κ2) is 7.35. The van der Waals surface area contributed by atoms with E-state index in [2.05, 4.69) is 58.1 Å². The number of pyridine rings is 1. The molecule has 29 heavy (non-hydrogen) atoms. The molecule has 0 aliphatic carbocycles. The van der Waals surface area contributed by atoms with Gasteiger partial charge in [0.15, 0.2) is 5.82 Å². The summed E-state index contributed by atoms with van der Waals surface area (Å²) in [5.41, 5.74) is 2.26. The molecule has 1 fully saturated rings. The van der Waals surface area contributed by atoms with Gasteiger partial charge in [0.05, 0.1) is 11.1 Å². The standard InChI is InChI=1S/C21H29N7O/c1-14-7-6-8-15-13-16(20(29)22-17(14)15)18(27-11-9-26(5)10-12-27)19-23-24-25-28(19)21(2,3)4/h6-8,13,18H,9-12H2,1-5H3,(H,22,29)/t18-/m0/s1. The molecule has 3 aromatic rings. The molecule has 8 nitrogen and oxygen atoms in total. The van der Waals surface area contributed by atoms with Crippen LogP contribution in [-0.2, 0) is 5.54 Å². The minimum atomic E-state index is -0.299. The van der Waals surface area contributed by atoms with Crippen molar-refractivity contribution in [2.45, 2.75) is 39.3 Å². The lowest BCUT2D eigenvalue weighted by molar-refractivity contribution is 0.118. The van der Waals surface area contributed by atoms with Crippen LogP contribution in [0, 0.1) is 6.92 Å². The van der Waals surface area contributed by atoms with Gasteiger partial charge in [0.1, 0.15) is 6.04 Å². The van der Waals surface area contributed by atoms with Gasteiger partial charge in [0.25, 0.3) is 5.56 Å². The number of H-pyrrole nitrogens is 1. The highest BCUT2D eigenvalue weighted by Gasteiger charge is 2.34. The van der Waals surface area contributed by atoms with E-state index >= 15 is 0 Å². The molecule has 0 saturated carbocycles. The Balaban J connectivity index is 1.90. The molecule has 1 aromatic carbocycles. The number of piperazine rings is 1. The molecule has 154 valence electrons. The molecule has 1 aliphatic rings. The van der Waals surface area contributed by atoms with E-state index in [4.69, 9.17) is 0 Å². The Hall–Kier alpha value is -2.58. The number of nitrogens with zero attached hydrogens (tertiary/aromatic N) is 6. The van der Waals surface area contributed by atoms with Crippen LogP contribution in [0.3, 0.4) is 0 Å². The Labute approximate surface area is 170 Å². The number of fused-ring (bicyclic) bond motifs is 1. The monoisotopic (exact) mass is 395 g/mol. The van der Waals surface area contributed by atoms with Crippen LogP contribution >= 0.6 is 0 Å². The number of nitrogens with one attached hydrogen (secondary N) is 1. The predicted molar refractivity (Wildman–Crippen MR) is 113 cm³/mol. The molecule has 1 aliphatic heterocycles. The van der Waals surface area contributed by atoms with E-state index in [9.17, 15) is 4.79 Å². The van der Waals surface area contributed by atoms with Gasteiger partial charge < -0.3 is 9.88 Å². The van der Waals surface area contributed by atoms with Crippen molar-refractivity contribution in [3.63, 3.8) is 0 Å². The van der Waals surface area contributed by atoms with E-state index in [1.165, 1.54) is 0 Å². The number of hydrogen-bond acceptors (Lipinski definition) is 6. The zero-order valence-electron chi connectivity index (χ0n) is 17.8. The van der Waals surface area contributed by atoms with Gasteiger partial charge in [-0.25, -0.2) is 4.68 Å². The SMILES string of the molecule is Cc1cccc2cc([C@@H](c3nnnn3C(C)(C)C)N3CCN(C)CC3)c(=O)[nH]c12. The van der Waals surface area contributed by atoms with Crippen LogP contribution in [0.15, 0.2) is 29.1 Å². The van der Waals surface area contributed by atoms with Crippen LogP contribution in [0.4, 0.5) is 0 Å². The van der Waals surface area contributed by atoms with Crippen LogP contribution in [0.25, 0.3) is 10.9 Å². The Kier molecular flexibility index (Phi) is 5.00. The molecule has 1 N–H and O–H groups in total. The third kappa shape index (κ3) is 3.70. The van der Waals surface area contributed by atoms with Crippen LogP contribution in [0.2, 0.25) is 0 Å². The second-order valence-corrected chi connectivity index (χ2v) is 8.95. The first-order valence-electron chi connectivity index (χ1n) is 10.1. The third-order valence-corrected chi connectivity index (χ3v) is 5.69. The van der Waals surface area contributed by atoms with E-state index in [-0.39, 0.29) is 17.1 Å². The first-order valence-corrected chi connectivity index (χ1v) is 10.1. The maximum Gasteiger partial charge on any atom is 0.253 e. The van der Waals surface area contributed by atoms with Gasteiger partial charge in [-0.2, -0.15) is 0 Å². The van der Waals surface area contributed by atoms with Gasteiger partial charge >= 0.3 is 0 Å². The average molecular weight is 396 g/mol. The zero-order chi connectivity index (χ0) is 20.8. The van der Waals surface area contributed by atoms with E-state index in [1.807, 2.05) is 35.9 Å². The molecular weight excluding hydrogens is 366 g/mol. The van der Waals surface area contributed by atoms with Crippen molar-refractivity contribution in [1.82, 2.24) is 35.0 Å². The Morgan fingerprint density at radius 3 is 2.55 bits per heavy atom. The lowest BCUT2D eigenvalue weighted by atomic mass is 10.0. The number of tetrazole rings is 1. The summed E-state index contributed by atoms with van der Waals surface area (Å²) < 4.78 is 1.84. The Morgan fingerprint density at radius 1 is 1.14 bits per heavy atom. The molecule has 3 heterocycles. The Morgan fingerprint density at radius 2 is 1.86 bits per heavy atom. The number of likely N-dealkylation sites (N-methyl/N-ethyl adjacent to an activating group) is 1. The number of para-hydroxylation sites is 1.